The Labute approximate surface area is 192 Å². The van der Waals surface area contributed by atoms with Gasteiger partial charge in [-0.3, -0.25) is 4.79 Å². The maximum atomic E-state index is 12.4. The van der Waals surface area contributed by atoms with E-state index in [0.29, 0.717) is 29.3 Å². The second kappa shape index (κ2) is 11.0. The number of ether oxygens (including phenoxy) is 1. The first kappa shape index (κ1) is 22.9. The number of anilines is 2. The first-order valence-corrected chi connectivity index (χ1v) is 10.4. The van der Waals surface area contributed by atoms with E-state index in [1.807, 2.05) is 43.5 Å². The number of nitrogen functional groups attached to an aromatic ring is 1. The number of hydrogen-bond acceptors (Lipinski definition) is 5. The topological polar surface area (TPSA) is 89.3 Å². The second-order valence-electron chi connectivity index (χ2n) is 6.99. The van der Waals surface area contributed by atoms with Gasteiger partial charge in [0.25, 0.3) is 5.91 Å². The first-order chi connectivity index (χ1) is 15.5. The lowest BCUT2D eigenvalue weighted by Crippen LogP contribution is -2.14. The molecule has 32 heavy (non-hydrogen) atoms. The quantitative estimate of drug-likeness (QED) is 0.414. The van der Waals surface area contributed by atoms with Gasteiger partial charge < -0.3 is 21.1 Å². The molecule has 0 aliphatic carbocycles. The summed E-state index contributed by atoms with van der Waals surface area (Å²) in [7, 11) is 0. The van der Waals surface area contributed by atoms with Crippen molar-refractivity contribution in [3.05, 3.63) is 101 Å². The van der Waals surface area contributed by atoms with Gasteiger partial charge in [0.1, 0.15) is 11.6 Å². The molecule has 4 N–H and O–H groups in total. The fourth-order valence-corrected chi connectivity index (χ4v) is 3.36. The fourth-order valence-electron chi connectivity index (χ4n) is 3.09. The van der Waals surface area contributed by atoms with E-state index >= 15 is 0 Å². The summed E-state index contributed by atoms with van der Waals surface area (Å²) in [5.41, 5.74) is 9.61. The number of nitrogens with two attached hydrogens (primary N) is 1. The largest absolute Gasteiger partial charge is 0.493 e. The van der Waals surface area contributed by atoms with Gasteiger partial charge in [-0.15, -0.1) is 0 Å². The molecular weight excluding hydrogens is 424 g/mol. The third-order valence-electron chi connectivity index (χ3n) is 4.75. The number of aromatic nitrogens is 1. The van der Waals surface area contributed by atoms with Crippen LogP contribution < -0.4 is 21.1 Å². The second-order valence-corrected chi connectivity index (χ2v) is 7.40. The van der Waals surface area contributed by atoms with Gasteiger partial charge in [-0.2, -0.15) is 0 Å². The minimum Gasteiger partial charge on any atom is -0.493 e. The van der Waals surface area contributed by atoms with E-state index in [1.165, 1.54) is 6.20 Å². The number of amides is 1. The summed E-state index contributed by atoms with van der Waals surface area (Å²) < 4.78 is 6.02. The lowest BCUT2D eigenvalue weighted by atomic mass is 10.1. The van der Waals surface area contributed by atoms with Crippen molar-refractivity contribution < 1.29 is 9.53 Å². The van der Waals surface area contributed by atoms with Crippen LogP contribution in [0.2, 0.25) is 5.02 Å². The Bertz CT molecular complexity index is 1140. The molecule has 7 heteroatoms. The minimum atomic E-state index is -0.339. The summed E-state index contributed by atoms with van der Waals surface area (Å²) in [6.07, 6.45) is 5.64. The highest BCUT2D eigenvalue weighted by atomic mass is 35.5. The predicted molar refractivity (Wildman–Crippen MR) is 131 cm³/mol. The predicted octanol–water partition coefficient (Wildman–Crippen LogP) is 5.28. The van der Waals surface area contributed by atoms with Crippen LogP contribution in [-0.4, -0.2) is 17.5 Å². The number of carbonyl (C=O) groups excluding carboxylic acids is 1. The molecule has 0 unspecified atom stereocenters. The number of halogens is 1. The van der Waals surface area contributed by atoms with E-state index in [2.05, 4.69) is 22.2 Å². The fraction of sp³-hybridized carbons (Fsp3) is 0.120. The van der Waals surface area contributed by atoms with Crippen molar-refractivity contribution >= 4 is 34.6 Å². The minimum absolute atomic E-state index is 0.176. The number of nitrogens with zero attached hydrogens (tertiary/aromatic N) is 1. The molecule has 1 aromatic heterocycles. The molecule has 1 heterocycles. The van der Waals surface area contributed by atoms with Crippen molar-refractivity contribution in [1.82, 2.24) is 10.3 Å². The summed E-state index contributed by atoms with van der Waals surface area (Å²) in [6, 6.07) is 16.5. The molecule has 6 nitrogen and oxygen atoms in total. The monoisotopic (exact) mass is 448 g/mol. The number of rotatable bonds is 9. The molecule has 0 spiro atoms. The van der Waals surface area contributed by atoms with Gasteiger partial charge in [-0.25, -0.2) is 4.98 Å². The number of hydrogen-bond donors (Lipinski definition) is 3. The van der Waals surface area contributed by atoms with Gasteiger partial charge in [-0.05, 0) is 54.6 Å². The standard InChI is InChI=1S/C25H25ClN4O2/c1-3-28-16-17(2)20-7-4-5-9-23(20)32-14-12-18-10-11-19(15-22(18)26)30-25(31)21-8-6-13-29-24(21)27/h3-11,13,15-16,28H,1,12,14H2,2H3,(H2,27,29)(H,30,31)/b17-16+. The van der Waals surface area contributed by atoms with E-state index in [9.17, 15) is 4.79 Å². The summed E-state index contributed by atoms with van der Waals surface area (Å²) in [5.74, 6) is 0.630. The van der Waals surface area contributed by atoms with Crippen LogP contribution in [0.4, 0.5) is 11.5 Å². The average Bonchev–Trinajstić information content (AvgIpc) is 2.79. The smallest absolute Gasteiger partial charge is 0.259 e. The van der Waals surface area contributed by atoms with Crippen LogP contribution in [0.15, 0.2) is 79.8 Å². The Balaban J connectivity index is 1.62. The highest BCUT2D eigenvalue weighted by Gasteiger charge is 2.12. The van der Waals surface area contributed by atoms with Crippen LogP contribution in [-0.2, 0) is 6.42 Å². The maximum absolute atomic E-state index is 12.4. The van der Waals surface area contributed by atoms with Gasteiger partial charge in [0.15, 0.2) is 0 Å². The van der Waals surface area contributed by atoms with Crippen molar-refractivity contribution in [3.63, 3.8) is 0 Å². The van der Waals surface area contributed by atoms with E-state index in [4.69, 9.17) is 22.1 Å². The van der Waals surface area contributed by atoms with Crippen molar-refractivity contribution in [3.8, 4) is 5.75 Å². The van der Waals surface area contributed by atoms with Crippen LogP contribution >= 0.6 is 11.6 Å². The van der Waals surface area contributed by atoms with E-state index in [-0.39, 0.29) is 11.7 Å². The molecule has 0 atom stereocenters. The van der Waals surface area contributed by atoms with Crippen molar-refractivity contribution in [1.29, 1.82) is 0 Å². The molecule has 0 saturated carbocycles. The summed E-state index contributed by atoms with van der Waals surface area (Å²) in [5, 5.41) is 6.32. The molecule has 1 amide bonds. The van der Waals surface area contributed by atoms with Gasteiger partial charge in [0.05, 0.1) is 12.2 Å². The normalized spacial score (nSPS) is 11.0. The third-order valence-corrected chi connectivity index (χ3v) is 5.10. The molecule has 3 aromatic rings. The van der Waals surface area contributed by atoms with Gasteiger partial charge in [-0.1, -0.05) is 42.4 Å². The summed E-state index contributed by atoms with van der Waals surface area (Å²) in [4.78, 5) is 16.3. The molecule has 3 rings (SSSR count). The number of carbonyl (C=O) groups is 1. The van der Waals surface area contributed by atoms with Gasteiger partial charge >= 0.3 is 0 Å². The molecule has 0 aliphatic heterocycles. The van der Waals surface area contributed by atoms with Crippen LogP contribution in [0, 0.1) is 0 Å². The van der Waals surface area contributed by atoms with Crippen LogP contribution in [0.1, 0.15) is 28.4 Å². The zero-order valence-corrected chi connectivity index (χ0v) is 18.5. The van der Waals surface area contributed by atoms with Crippen molar-refractivity contribution in [2.75, 3.05) is 17.7 Å². The molecule has 0 fully saturated rings. The summed E-state index contributed by atoms with van der Waals surface area (Å²) >= 11 is 6.44. The first-order valence-electron chi connectivity index (χ1n) is 10.1. The van der Waals surface area contributed by atoms with Crippen LogP contribution in [0.5, 0.6) is 5.75 Å². The molecule has 0 bridgehead atoms. The number of benzene rings is 2. The molecule has 0 radical (unpaired) electrons. The Hall–Kier alpha value is -3.77. The number of allylic oxidation sites excluding steroid dienone is 1. The van der Waals surface area contributed by atoms with Crippen molar-refractivity contribution in [2.24, 2.45) is 0 Å². The van der Waals surface area contributed by atoms with Crippen LogP contribution in [0.25, 0.3) is 5.57 Å². The maximum Gasteiger partial charge on any atom is 0.259 e. The van der Waals surface area contributed by atoms with Crippen molar-refractivity contribution in [2.45, 2.75) is 13.3 Å². The van der Waals surface area contributed by atoms with Gasteiger partial charge in [0.2, 0.25) is 0 Å². The Kier molecular flexibility index (Phi) is 7.89. The zero-order valence-electron chi connectivity index (χ0n) is 17.8. The SMILES string of the molecule is C=CN/C=C(\C)c1ccccc1OCCc1ccc(NC(=O)c2cccnc2N)cc1Cl. The van der Waals surface area contributed by atoms with E-state index in [0.717, 1.165) is 22.4 Å². The van der Waals surface area contributed by atoms with Gasteiger partial charge in [0, 0.05) is 35.1 Å². The molecule has 0 aliphatic rings. The molecule has 164 valence electrons. The number of para-hydroxylation sites is 1. The Morgan fingerprint density at radius 1 is 1.19 bits per heavy atom. The molecule has 2 aromatic carbocycles. The highest BCUT2D eigenvalue weighted by molar-refractivity contribution is 6.31. The molecule has 0 saturated heterocycles. The van der Waals surface area contributed by atoms with Crippen LogP contribution in [0.3, 0.4) is 0 Å². The average molecular weight is 449 g/mol. The van der Waals surface area contributed by atoms with E-state index in [1.54, 1.807) is 30.5 Å². The summed E-state index contributed by atoms with van der Waals surface area (Å²) in [6.45, 7) is 6.11. The highest BCUT2D eigenvalue weighted by Crippen LogP contribution is 2.26. The number of pyridine rings is 1. The molecular formula is C25H25ClN4O2. The lowest BCUT2D eigenvalue weighted by Gasteiger charge is -2.13. The third kappa shape index (κ3) is 5.89. The Morgan fingerprint density at radius 2 is 1.97 bits per heavy atom. The van der Waals surface area contributed by atoms with E-state index < -0.39 is 0 Å². The zero-order chi connectivity index (χ0) is 22.9. The lowest BCUT2D eigenvalue weighted by molar-refractivity contribution is 0.102. The number of nitrogens with one attached hydrogen (secondary N) is 2. The Morgan fingerprint density at radius 3 is 2.72 bits per heavy atom.